The second-order valence-corrected chi connectivity index (χ2v) is 4.21. The van der Waals surface area contributed by atoms with E-state index in [-0.39, 0.29) is 17.3 Å². The molecule has 7 heteroatoms. The van der Waals surface area contributed by atoms with Crippen molar-refractivity contribution in [3.63, 3.8) is 0 Å². The Morgan fingerprint density at radius 3 is 2.70 bits per heavy atom. The number of para-hydroxylation sites is 1. The summed E-state index contributed by atoms with van der Waals surface area (Å²) in [5.41, 5.74) is 1.17. The van der Waals surface area contributed by atoms with Crippen molar-refractivity contribution in [3.05, 3.63) is 45.6 Å². The normalized spacial score (nSPS) is 10.2. The first-order valence-electron chi connectivity index (χ1n) is 5.96. The molecule has 0 saturated carbocycles. The van der Waals surface area contributed by atoms with Crippen molar-refractivity contribution in [2.24, 2.45) is 0 Å². The molecule has 0 fully saturated rings. The van der Waals surface area contributed by atoms with E-state index in [1.54, 1.807) is 45.3 Å². The molecule has 1 aromatic carbocycles. The summed E-state index contributed by atoms with van der Waals surface area (Å²) in [6, 6.07) is 4.91. The molecule has 1 aromatic heterocycles. The van der Waals surface area contributed by atoms with E-state index < -0.39 is 4.92 Å². The topological polar surface area (TPSA) is 90.2 Å². The zero-order valence-electron chi connectivity index (χ0n) is 11.4. The smallest absolute Gasteiger partial charge is 0.314 e. The van der Waals surface area contributed by atoms with Gasteiger partial charge >= 0.3 is 5.69 Å². The van der Waals surface area contributed by atoms with E-state index in [1.165, 1.54) is 0 Å². The molecule has 0 amide bonds. The van der Waals surface area contributed by atoms with Crippen molar-refractivity contribution < 1.29 is 9.66 Å². The van der Waals surface area contributed by atoms with Crippen molar-refractivity contribution >= 4 is 11.6 Å². The minimum absolute atomic E-state index is 0.0588. The van der Waals surface area contributed by atoms with E-state index in [9.17, 15) is 10.1 Å². The Morgan fingerprint density at radius 1 is 1.30 bits per heavy atom. The van der Waals surface area contributed by atoms with Gasteiger partial charge in [-0.15, -0.1) is 0 Å². The van der Waals surface area contributed by atoms with Crippen LogP contribution in [0.5, 0.6) is 11.6 Å². The van der Waals surface area contributed by atoms with Crippen LogP contribution in [0.1, 0.15) is 11.1 Å². The number of benzene rings is 1. The zero-order valence-corrected chi connectivity index (χ0v) is 11.4. The van der Waals surface area contributed by atoms with Crippen molar-refractivity contribution in [1.29, 1.82) is 0 Å². The SMILES string of the molecule is CNc1ncc(C)c(Oc2cccc(C)c2[N+](=O)[O-])n1. The van der Waals surface area contributed by atoms with E-state index in [0.29, 0.717) is 17.1 Å². The number of nitro benzene ring substituents is 1. The molecular formula is C13H14N4O3. The number of hydrogen-bond donors (Lipinski definition) is 1. The van der Waals surface area contributed by atoms with Crippen LogP contribution >= 0.6 is 0 Å². The van der Waals surface area contributed by atoms with E-state index in [2.05, 4.69) is 15.3 Å². The number of nitrogens with zero attached hydrogens (tertiary/aromatic N) is 3. The third kappa shape index (κ3) is 2.66. The Hall–Kier alpha value is -2.70. The molecule has 2 rings (SSSR count). The van der Waals surface area contributed by atoms with Gasteiger partial charge in [-0.2, -0.15) is 4.98 Å². The van der Waals surface area contributed by atoms with Crippen LogP contribution in [-0.2, 0) is 0 Å². The van der Waals surface area contributed by atoms with E-state index in [4.69, 9.17) is 4.74 Å². The van der Waals surface area contributed by atoms with E-state index in [0.717, 1.165) is 0 Å². The van der Waals surface area contributed by atoms with Crippen LogP contribution in [0.3, 0.4) is 0 Å². The van der Waals surface area contributed by atoms with Crippen LogP contribution in [0.15, 0.2) is 24.4 Å². The molecule has 7 nitrogen and oxygen atoms in total. The summed E-state index contributed by atoms with van der Waals surface area (Å²) < 4.78 is 5.59. The highest BCUT2D eigenvalue weighted by atomic mass is 16.6. The maximum atomic E-state index is 11.1. The summed E-state index contributed by atoms with van der Waals surface area (Å²) in [5.74, 6) is 0.845. The number of anilines is 1. The summed E-state index contributed by atoms with van der Waals surface area (Å²) in [6.45, 7) is 3.44. The maximum Gasteiger partial charge on any atom is 0.314 e. The van der Waals surface area contributed by atoms with Crippen molar-refractivity contribution in [2.45, 2.75) is 13.8 Å². The molecule has 20 heavy (non-hydrogen) atoms. The molecule has 0 aliphatic rings. The van der Waals surface area contributed by atoms with Gasteiger partial charge in [0.15, 0.2) is 0 Å². The zero-order chi connectivity index (χ0) is 14.7. The average molecular weight is 274 g/mol. The highest BCUT2D eigenvalue weighted by molar-refractivity contribution is 5.53. The summed E-state index contributed by atoms with van der Waals surface area (Å²) in [7, 11) is 1.68. The summed E-state index contributed by atoms with van der Waals surface area (Å²) in [4.78, 5) is 18.9. The standard InChI is InChI=1S/C13H14N4O3/c1-8-5-4-6-10(11(8)17(18)19)20-12-9(2)7-15-13(14-3)16-12/h4-7H,1-3H3,(H,14,15,16). The molecule has 0 atom stereocenters. The van der Waals surface area contributed by atoms with Gasteiger partial charge in [0.1, 0.15) is 0 Å². The first kappa shape index (κ1) is 13.7. The van der Waals surface area contributed by atoms with Gasteiger partial charge in [0.05, 0.1) is 4.92 Å². The predicted molar refractivity (Wildman–Crippen MR) is 74.2 cm³/mol. The lowest BCUT2D eigenvalue weighted by Crippen LogP contribution is -2.01. The summed E-state index contributed by atoms with van der Waals surface area (Å²) >= 11 is 0. The van der Waals surface area contributed by atoms with Crippen LogP contribution in [0, 0.1) is 24.0 Å². The molecule has 0 aliphatic heterocycles. The third-order valence-electron chi connectivity index (χ3n) is 2.74. The Kier molecular flexibility index (Phi) is 3.79. The molecule has 0 radical (unpaired) electrons. The minimum Gasteiger partial charge on any atom is -0.431 e. The average Bonchev–Trinajstić information content (AvgIpc) is 2.41. The largest absolute Gasteiger partial charge is 0.431 e. The molecule has 0 unspecified atom stereocenters. The monoisotopic (exact) mass is 274 g/mol. The summed E-state index contributed by atoms with van der Waals surface area (Å²) in [6.07, 6.45) is 1.59. The quantitative estimate of drug-likeness (QED) is 0.681. The van der Waals surface area contributed by atoms with Crippen LogP contribution in [0.25, 0.3) is 0 Å². The van der Waals surface area contributed by atoms with Crippen molar-refractivity contribution in [2.75, 3.05) is 12.4 Å². The highest BCUT2D eigenvalue weighted by Gasteiger charge is 2.20. The first-order valence-corrected chi connectivity index (χ1v) is 5.96. The van der Waals surface area contributed by atoms with Gasteiger partial charge in [-0.3, -0.25) is 10.1 Å². The number of nitro groups is 1. The van der Waals surface area contributed by atoms with Gasteiger partial charge in [0.2, 0.25) is 17.6 Å². The number of nitrogens with one attached hydrogen (secondary N) is 1. The lowest BCUT2D eigenvalue weighted by Gasteiger charge is -2.09. The number of aryl methyl sites for hydroxylation is 2. The minimum atomic E-state index is -0.458. The first-order chi connectivity index (χ1) is 9.52. The third-order valence-corrected chi connectivity index (χ3v) is 2.74. The molecule has 0 bridgehead atoms. The number of aromatic nitrogens is 2. The molecule has 2 aromatic rings. The molecule has 0 aliphatic carbocycles. The molecule has 0 spiro atoms. The van der Waals surface area contributed by atoms with E-state index in [1.807, 2.05) is 0 Å². The fourth-order valence-electron chi connectivity index (χ4n) is 1.70. The Balaban J connectivity index is 2.45. The summed E-state index contributed by atoms with van der Waals surface area (Å²) in [5, 5.41) is 13.9. The molecule has 0 saturated heterocycles. The highest BCUT2D eigenvalue weighted by Crippen LogP contribution is 2.34. The van der Waals surface area contributed by atoms with Gasteiger partial charge in [0.25, 0.3) is 0 Å². The molecule has 104 valence electrons. The lowest BCUT2D eigenvalue weighted by molar-refractivity contribution is -0.386. The number of hydrogen-bond acceptors (Lipinski definition) is 6. The Labute approximate surface area is 115 Å². The second-order valence-electron chi connectivity index (χ2n) is 4.21. The molecular weight excluding hydrogens is 260 g/mol. The van der Waals surface area contributed by atoms with Crippen LogP contribution in [-0.4, -0.2) is 21.9 Å². The van der Waals surface area contributed by atoms with Crippen molar-refractivity contribution in [3.8, 4) is 11.6 Å². The van der Waals surface area contributed by atoms with Gasteiger partial charge in [-0.25, -0.2) is 4.98 Å². The lowest BCUT2D eigenvalue weighted by atomic mass is 10.2. The van der Waals surface area contributed by atoms with Crippen LogP contribution < -0.4 is 10.1 Å². The maximum absolute atomic E-state index is 11.1. The van der Waals surface area contributed by atoms with Gasteiger partial charge < -0.3 is 10.1 Å². The Morgan fingerprint density at radius 2 is 2.05 bits per heavy atom. The molecule has 1 N–H and O–H groups in total. The van der Waals surface area contributed by atoms with Gasteiger partial charge in [0, 0.05) is 24.4 Å². The predicted octanol–water partition coefficient (Wildman–Crippen LogP) is 2.84. The number of rotatable bonds is 4. The second kappa shape index (κ2) is 5.52. The van der Waals surface area contributed by atoms with Crippen LogP contribution in [0.2, 0.25) is 0 Å². The fraction of sp³-hybridized carbons (Fsp3) is 0.231. The molecule has 1 heterocycles. The number of ether oxygens (including phenoxy) is 1. The van der Waals surface area contributed by atoms with Crippen molar-refractivity contribution in [1.82, 2.24) is 9.97 Å². The fourth-order valence-corrected chi connectivity index (χ4v) is 1.70. The van der Waals surface area contributed by atoms with E-state index >= 15 is 0 Å². The Bertz CT molecular complexity index is 658. The van der Waals surface area contributed by atoms with Gasteiger partial charge in [-0.05, 0) is 19.9 Å². The van der Waals surface area contributed by atoms with Gasteiger partial charge in [-0.1, -0.05) is 12.1 Å². The van der Waals surface area contributed by atoms with Crippen LogP contribution in [0.4, 0.5) is 11.6 Å².